The van der Waals surface area contributed by atoms with Crippen LogP contribution in [0.2, 0.25) is 0 Å². The number of nitrogens with one attached hydrogen (secondary N) is 1. The highest BCUT2D eigenvalue weighted by Gasteiger charge is 2.44. The summed E-state index contributed by atoms with van der Waals surface area (Å²) in [5.41, 5.74) is -0.155. The van der Waals surface area contributed by atoms with Gasteiger partial charge in [-0.05, 0) is 31.7 Å². The van der Waals surface area contributed by atoms with E-state index in [1.165, 1.54) is 12.8 Å². The first-order chi connectivity index (χ1) is 8.75. The standard InChI is InChI=1S/C14H25N3O/c1-3-5-13-15-8-9-17(13)10-14(11-18,16-4-2)12-6-7-12/h8-9,12,16,18H,3-7,10-11H2,1-2H3. The summed E-state index contributed by atoms with van der Waals surface area (Å²) in [4.78, 5) is 4.42. The van der Waals surface area contributed by atoms with Crippen LogP contribution in [-0.4, -0.2) is 33.3 Å². The molecule has 2 rings (SSSR count). The second-order valence-electron chi connectivity index (χ2n) is 5.34. The summed E-state index contributed by atoms with van der Waals surface area (Å²) in [6.45, 7) is 6.21. The van der Waals surface area contributed by atoms with Crippen LogP contribution in [0.5, 0.6) is 0 Å². The van der Waals surface area contributed by atoms with Gasteiger partial charge < -0.3 is 15.0 Å². The second kappa shape index (κ2) is 5.85. The second-order valence-corrected chi connectivity index (χ2v) is 5.34. The average molecular weight is 251 g/mol. The quantitative estimate of drug-likeness (QED) is 0.737. The number of aryl methyl sites for hydroxylation is 1. The van der Waals surface area contributed by atoms with Crippen molar-refractivity contribution >= 4 is 0 Å². The van der Waals surface area contributed by atoms with Crippen molar-refractivity contribution < 1.29 is 5.11 Å². The lowest BCUT2D eigenvalue weighted by atomic mass is 9.93. The Bertz CT molecular complexity index is 373. The highest BCUT2D eigenvalue weighted by Crippen LogP contribution is 2.40. The number of imidazole rings is 1. The van der Waals surface area contributed by atoms with Gasteiger partial charge in [-0.25, -0.2) is 4.98 Å². The minimum absolute atomic E-state index is 0.155. The first-order valence-corrected chi connectivity index (χ1v) is 7.11. The van der Waals surface area contributed by atoms with E-state index < -0.39 is 0 Å². The monoisotopic (exact) mass is 251 g/mol. The van der Waals surface area contributed by atoms with E-state index in [4.69, 9.17) is 0 Å². The fourth-order valence-corrected chi connectivity index (χ4v) is 2.79. The fourth-order valence-electron chi connectivity index (χ4n) is 2.79. The molecule has 0 aromatic carbocycles. The third-order valence-electron chi connectivity index (χ3n) is 3.90. The molecule has 1 atom stereocenters. The van der Waals surface area contributed by atoms with E-state index in [9.17, 15) is 5.11 Å². The molecule has 1 aliphatic carbocycles. The van der Waals surface area contributed by atoms with Crippen LogP contribution in [-0.2, 0) is 13.0 Å². The SMILES string of the molecule is CCCc1nccn1CC(CO)(NCC)C1CC1. The number of likely N-dealkylation sites (N-methyl/N-ethyl adjacent to an activating group) is 1. The highest BCUT2D eigenvalue weighted by atomic mass is 16.3. The van der Waals surface area contributed by atoms with Crippen LogP contribution in [0, 0.1) is 5.92 Å². The van der Waals surface area contributed by atoms with Crippen molar-refractivity contribution in [1.82, 2.24) is 14.9 Å². The van der Waals surface area contributed by atoms with Gasteiger partial charge in [0.15, 0.2) is 0 Å². The van der Waals surface area contributed by atoms with Crippen LogP contribution in [0.4, 0.5) is 0 Å². The third-order valence-corrected chi connectivity index (χ3v) is 3.90. The Morgan fingerprint density at radius 1 is 1.50 bits per heavy atom. The van der Waals surface area contributed by atoms with Gasteiger partial charge in [0.1, 0.15) is 5.82 Å². The molecule has 4 heteroatoms. The molecule has 0 amide bonds. The summed E-state index contributed by atoms with van der Waals surface area (Å²) in [6, 6.07) is 0. The zero-order valence-electron chi connectivity index (χ0n) is 11.5. The highest BCUT2D eigenvalue weighted by molar-refractivity contribution is 5.04. The van der Waals surface area contributed by atoms with E-state index in [1.807, 2.05) is 12.4 Å². The summed E-state index contributed by atoms with van der Waals surface area (Å²) in [5.74, 6) is 1.74. The topological polar surface area (TPSA) is 50.1 Å². The van der Waals surface area contributed by atoms with E-state index in [2.05, 4.69) is 28.7 Å². The predicted octanol–water partition coefficient (Wildman–Crippen LogP) is 1.59. The molecule has 4 nitrogen and oxygen atoms in total. The Hall–Kier alpha value is -0.870. The maximum absolute atomic E-state index is 9.84. The van der Waals surface area contributed by atoms with Crippen molar-refractivity contribution in [2.24, 2.45) is 5.92 Å². The average Bonchev–Trinajstić information content (AvgIpc) is 3.14. The van der Waals surface area contributed by atoms with Gasteiger partial charge in [-0.3, -0.25) is 0 Å². The van der Waals surface area contributed by atoms with Crippen LogP contribution in [0.25, 0.3) is 0 Å². The molecule has 1 aromatic heterocycles. The summed E-state index contributed by atoms with van der Waals surface area (Å²) in [7, 11) is 0. The van der Waals surface area contributed by atoms with Crippen molar-refractivity contribution in [3.05, 3.63) is 18.2 Å². The van der Waals surface area contributed by atoms with Gasteiger partial charge in [0.05, 0.1) is 12.1 Å². The molecule has 0 radical (unpaired) electrons. The number of hydrogen-bond acceptors (Lipinski definition) is 3. The first kappa shape index (κ1) is 13.6. The van der Waals surface area contributed by atoms with Crippen LogP contribution < -0.4 is 5.32 Å². The number of hydrogen-bond donors (Lipinski definition) is 2. The van der Waals surface area contributed by atoms with Gasteiger partial charge in [-0.2, -0.15) is 0 Å². The van der Waals surface area contributed by atoms with Gasteiger partial charge in [-0.1, -0.05) is 13.8 Å². The molecule has 102 valence electrons. The molecule has 18 heavy (non-hydrogen) atoms. The predicted molar refractivity (Wildman–Crippen MR) is 72.4 cm³/mol. The Kier molecular flexibility index (Phi) is 4.40. The van der Waals surface area contributed by atoms with Crippen molar-refractivity contribution in [3.63, 3.8) is 0 Å². The zero-order chi connectivity index (χ0) is 13.0. The van der Waals surface area contributed by atoms with Gasteiger partial charge >= 0.3 is 0 Å². The molecule has 1 saturated carbocycles. The molecule has 1 unspecified atom stereocenters. The molecule has 1 aromatic rings. The summed E-state index contributed by atoms with van der Waals surface area (Å²) in [6.07, 6.45) is 8.47. The zero-order valence-corrected chi connectivity index (χ0v) is 11.5. The molecular weight excluding hydrogens is 226 g/mol. The van der Waals surface area contributed by atoms with Crippen LogP contribution in [0.15, 0.2) is 12.4 Å². The van der Waals surface area contributed by atoms with Crippen molar-refractivity contribution in [1.29, 1.82) is 0 Å². The lowest BCUT2D eigenvalue weighted by molar-refractivity contribution is 0.123. The Morgan fingerprint density at radius 3 is 2.83 bits per heavy atom. The van der Waals surface area contributed by atoms with E-state index in [0.29, 0.717) is 5.92 Å². The van der Waals surface area contributed by atoms with E-state index in [0.717, 1.165) is 31.8 Å². The van der Waals surface area contributed by atoms with Gasteiger partial charge in [0, 0.05) is 25.4 Å². The number of aliphatic hydroxyl groups is 1. The normalized spacial score (nSPS) is 18.8. The van der Waals surface area contributed by atoms with Crippen molar-refractivity contribution in [2.45, 2.75) is 51.6 Å². The molecule has 0 bridgehead atoms. The molecular formula is C14H25N3O. The number of nitrogens with zero attached hydrogens (tertiary/aromatic N) is 2. The Morgan fingerprint density at radius 2 is 2.28 bits per heavy atom. The molecule has 0 aliphatic heterocycles. The number of aliphatic hydroxyl groups excluding tert-OH is 1. The lowest BCUT2D eigenvalue weighted by Crippen LogP contribution is -2.53. The lowest BCUT2D eigenvalue weighted by Gasteiger charge is -2.34. The Balaban J connectivity index is 2.14. The van der Waals surface area contributed by atoms with E-state index in [-0.39, 0.29) is 12.1 Å². The Labute approximate surface area is 109 Å². The molecule has 0 spiro atoms. The van der Waals surface area contributed by atoms with Gasteiger partial charge in [0.25, 0.3) is 0 Å². The van der Waals surface area contributed by atoms with E-state index in [1.54, 1.807) is 0 Å². The van der Waals surface area contributed by atoms with Crippen LogP contribution >= 0.6 is 0 Å². The third kappa shape index (κ3) is 2.75. The molecule has 1 aliphatic rings. The largest absolute Gasteiger partial charge is 0.394 e. The maximum atomic E-state index is 9.84. The van der Waals surface area contributed by atoms with Crippen LogP contribution in [0.1, 0.15) is 38.9 Å². The summed E-state index contributed by atoms with van der Waals surface area (Å²) in [5, 5.41) is 13.4. The van der Waals surface area contributed by atoms with E-state index >= 15 is 0 Å². The minimum Gasteiger partial charge on any atom is -0.394 e. The van der Waals surface area contributed by atoms with Crippen molar-refractivity contribution in [3.8, 4) is 0 Å². The molecule has 1 heterocycles. The van der Waals surface area contributed by atoms with Gasteiger partial charge in [0.2, 0.25) is 0 Å². The maximum Gasteiger partial charge on any atom is 0.108 e. The summed E-state index contributed by atoms with van der Waals surface area (Å²) >= 11 is 0. The van der Waals surface area contributed by atoms with Crippen LogP contribution in [0.3, 0.4) is 0 Å². The molecule has 0 saturated heterocycles. The van der Waals surface area contributed by atoms with Gasteiger partial charge in [-0.15, -0.1) is 0 Å². The fraction of sp³-hybridized carbons (Fsp3) is 0.786. The number of aromatic nitrogens is 2. The minimum atomic E-state index is -0.155. The first-order valence-electron chi connectivity index (χ1n) is 7.11. The molecule has 2 N–H and O–H groups in total. The number of rotatable bonds is 8. The smallest absolute Gasteiger partial charge is 0.108 e. The molecule has 1 fully saturated rings. The summed E-state index contributed by atoms with van der Waals surface area (Å²) < 4.78 is 2.21. The van der Waals surface area contributed by atoms with Crippen molar-refractivity contribution in [2.75, 3.05) is 13.2 Å².